The molecule has 0 aromatic rings. The molecule has 9 nitrogen and oxygen atoms in total. The zero-order valence-corrected chi connectivity index (χ0v) is 48.4. The molecule has 0 bridgehead atoms. The van der Waals surface area contributed by atoms with Crippen LogP contribution in [-0.2, 0) is 32.7 Å². The van der Waals surface area contributed by atoms with Crippen LogP contribution in [0.3, 0.4) is 0 Å². The maximum Gasteiger partial charge on any atom is 0.472 e. The molecule has 0 spiro atoms. The van der Waals surface area contributed by atoms with Crippen LogP contribution in [0.5, 0.6) is 0 Å². The van der Waals surface area contributed by atoms with Gasteiger partial charge in [0.25, 0.3) is 0 Å². The molecule has 75 heavy (non-hydrogen) atoms. The quantitative estimate of drug-likeness (QED) is 0.0264. The highest BCUT2D eigenvalue weighted by molar-refractivity contribution is 7.47. The van der Waals surface area contributed by atoms with Gasteiger partial charge in [0.1, 0.15) is 6.61 Å². The Balaban J connectivity index is 4.01. The van der Waals surface area contributed by atoms with Gasteiger partial charge >= 0.3 is 19.8 Å². The first-order valence-electron chi connectivity index (χ1n) is 29.7. The molecule has 0 fully saturated rings. The number of phosphoric acid groups is 1. The number of ether oxygens (including phenoxy) is 2. The third-order valence-corrected chi connectivity index (χ3v) is 13.0. The van der Waals surface area contributed by atoms with Crippen LogP contribution in [0.4, 0.5) is 0 Å². The number of carbonyl (C=O) groups is 2. The zero-order valence-electron chi connectivity index (χ0n) is 47.5. The summed E-state index contributed by atoms with van der Waals surface area (Å²) < 4.78 is 33.0. The average Bonchev–Trinajstić information content (AvgIpc) is 3.40. The minimum atomic E-state index is -4.40. The van der Waals surface area contributed by atoms with Gasteiger partial charge in [-0.25, -0.2) is 4.57 Å². The highest BCUT2D eigenvalue weighted by atomic mass is 31.2. The highest BCUT2D eigenvalue weighted by Crippen LogP contribution is 2.43. The van der Waals surface area contributed by atoms with Crippen LogP contribution in [-0.4, -0.2) is 49.3 Å². The largest absolute Gasteiger partial charge is 0.472 e. The predicted octanol–water partition coefficient (Wildman–Crippen LogP) is 19.0. The Morgan fingerprint density at radius 3 is 1.03 bits per heavy atom. The summed E-state index contributed by atoms with van der Waals surface area (Å²) in [6, 6.07) is 0. The van der Waals surface area contributed by atoms with Gasteiger partial charge in [-0.05, 0) is 109 Å². The van der Waals surface area contributed by atoms with Crippen LogP contribution < -0.4 is 5.73 Å². The zero-order chi connectivity index (χ0) is 54.5. The fourth-order valence-electron chi connectivity index (χ4n) is 7.72. The maximum absolute atomic E-state index is 12.7. The van der Waals surface area contributed by atoms with Gasteiger partial charge in [-0.2, -0.15) is 0 Å². The smallest absolute Gasteiger partial charge is 0.462 e. The first-order valence-corrected chi connectivity index (χ1v) is 31.2. The third kappa shape index (κ3) is 59.3. The summed E-state index contributed by atoms with van der Waals surface area (Å²) in [6.45, 7) is 3.50. The van der Waals surface area contributed by atoms with E-state index in [0.29, 0.717) is 6.42 Å². The van der Waals surface area contributed by atoms with Crippen molar-refractivity contribution in [3.63, 3.8) is 0 Å². The summed E-state index contributed by atoms with van der Waals surface area (Å²) in [6.07, 6.45) is 83.6. The number of nitrogens with two attached hydrogens (primary N) is 1. The molecule has 2 atom stereocenters. The van der Waals surface area contributed by atoms with Gasteiger partial charge in [0, 0.05) is 19.4 Å². The molecule has 10 heteroatoms. The van der Waals surface area contributed by atoms with Crippen molar-refractivity contribution < 1.29 is 37.6 Å². The molecule has 426 valence electrons. The number of carbonyl (C=O) groups excluding carboxylic acids is 2. The summed E-state index contributed by atoms with van der Waals surface area (Å²) in [5, 5.41) is 0. The Hall–Kier alpha value is -3.85. The third-order valence-electron chi connectivity index (χ3n) is 12.0. The standard InChI is InChI=1S/C65H108NO8P/c1-3-5-7-9-11-13-15-17-19-21-23-25-26-27-28-29-30-31-32-33-34-35-36-38-40-42-44-46-48-50-52-54-56-58-65(68)74-63(62-73-75(69,70)72-60-59-66)61-71-64(67)57-55-53-51-49-47-45-43-41-39-37-24-22-20-18-16-14-12-10-8-6-4-2/h5-8,11-14,17-20,23-25,27-28,30-31,33-34,37,63H,3-4,9-10,15-16,21-22,26,29,32,35-36,38-62,66H2,1-2H3,(H,69,70)/b7-5-,8-6-,13-11-,14-12-,19-17-,20-18-,25-23-,28-27-,31-30-,34-33-,37-24-. The van der Waals surface area contributed by atoms with E-state index >= 15 is 0 Å². The van der Waals surface area contributed by atoms with E-state index < -0.39 is 32.5 Å². The van der Waals surface area contributed by atoms with Crippen molar-refractivity contribution in [1.29, 1.82) is 0 Å². The van der Waals surface area contributed by atoms with Gasteiger partial charge in [-0.1, -0.05) is 244 Å². The van der Waals surface area contributed by atoms with E-state index in [4.69, 9.17) is 24.3 Å². The molecular weight excluding hydrogens is 954 g/mol. The number of hydrogen-bond acceptors (Lipinski definition) is 8. The van der Waals surface area contributed by atoms with Crippen molar-refractivity contribution in [3.05, 3.63) is 134 Å². The number of hydrogen-bond donors (Lipinski definition) is 2. The molecule has 2 unspecified atom stereocenters. The van der Waals surface area contributed by atoms with Gasteiger partial charge in [0.05, 0.1) is 13.2 Å². The Kier molecular flexibility index (Phi) is 56.3. The first kappa shape index (κ1) is 71.2. The van der Waals surface area contributed by atoms with Gasteiger partial charge < -0.3 is 20.1 Å². The second kappa shape index (κ2) is 59.4. The Bertz CT molecular complexity index is 1680. The van der Waals surface area contributed by atoms with Gasteiger partial charge in [0.2, 0.25) is 0 Å². The van der Waals surface area contributed by atoms with Crippen molar-refractivity contribution in [2.75, 3.05) is 26.4 Å². The van der Waals surface area contributed by atoms with Crippen LogP contribution in [0.2, 0.25) is 0 Å². The summed E-state index contributed by atoms with van der Waals surface area (Å²) in [5.74, 6) is -0.847. The van der Waals surface area contributed by atoms with Crippen molar-refractivity contribution in [2.24, 2.45) is 5.73 Å². The Morgan fingerprint density at radius 1 is 0.400 bits per heavy atom. The van der Waals surface area contributed by atoms with Gasteiger partial charge in [0.15, 0.2) is 6.10 Å². The normalized spacial score (nSPS) is 14.0. The lowest BCUT2D eigenvalue weighted by molar-refractivity contribution is -0.161. The highest BCUT2D eigenvalue weighted by Gasteiger charge is 2.26. The lowest BCUT2D eigenvalue weighted by Gasteiger charge is -2.19. The topological polar surface area (TPSA) is 134 Å². The SMILES string of the molecule is CC/C=C\C/C=C\C/C=C\C/C=C\C/C=C\C/C=C\C/C=C\CCCCCCCCCCCCCC(=O)OC(COC(=O)CCCCCCCCCC/C=C\C/C=C\C/C=C\C/C=C\CC)COP(=O)(O)OCCN. The van der Waals surface area contributed by atoms with Crippen LogP contribution in [0, 0.1) is 0 Å². The minimum absolute atomic E-state index is 0.0451. The van der Waals surface area contributed by atoms with E-state index in [1.807, 2.05) is 0 Å². The second-order valence-corrected chi connectivity index (χ2v) is 20.6. The average molecular weight is 1060 g/mol. The van der Waals surface area contributed by atoms with Crippen LogP contribution in [0.1, 0.15) is 232 Å². The molecule has 0 aromatic heterocycles. The van der Waals surface area contributed by atoms with Crippen molar-refractivity contribution >= 4 is 19.8 Å². The Labute approximate surface area is 459 Å². The van der Waals surface area contributed by atoms with E-state index in [-0.39, 0.29) is 32.6 Å². The first-order chi connectivity index (χ1) is 36.8. The molecule has 0 saturated carbocycles. The summed E-state index contributed by atoms with van der Waals surface area (Å²) >= 11 is 0. The number of esters is 2. The predicted molar refractivity (Wildman–Crippen MR) is 320 cm³/mol. The van der Waals surface area contributed by atoms with Crippen LogP contribution in [0.25, 0.3) is 0 Å². The van der Waals surface area contributed by atoms with E-state index in [2.05, 4.69) is 148 Å². The molecule has 0 aliphatic rings. The fraction of sp³-hybridized carbons (Fsp3) is 0.631. The van der Waals surface area contributed by atoms with Crippen molar-refractivity contribution in [2.45, 2.75) is 238 Å². The number of unbranched alkanes of at least 4 members (excludes halogenated alkanes) is 19. The molecule has 0 aliphatic heterocycles. The molecule has 0 aromatic carbocycles. The monoisotopic (exact) mass is 1060 g/mol. The van der Waals surface area contributed by atoms with Crippen molar-refractivity contribution in [3.8, 4) is 0 Å². The molecule has 0 saturated heterocycles. The van der Waals surface area contributed by atoms with Crippen molar-refractivity contribution in [1.82, 2.24) is 0 Å². The van der Waals surface area contributed by atoms with Crippen LogP contribution in [0.15, 0.2) is 134 Å². The van der Waals surface area contributed by atoms with Gasteiger partial charge in [-0.15, -0.1) is 0 Å². The number of allylic oxidation sites excluding steroid dienone is 22. The lowest BCUT2D eigenvalue weighted by Crippen LogP contribution is -2.29. The molecule has 0 heterocycles. The molecule has 0 radical (unpaired) electrons. The minimum Gasteiger partial charge on any atom is -0.462 e. The van der Waals surface area contributed by atoms with E-state index in [1.165, 1.54) is 70.6 Å². The summed E-state index contributed by atoms with van der Waals surface area (Å²) in [4.78, 5) is 35.2. The van der Waals surface area contributed by atoms with Crippen LogP contribution >= 0.6 is 7.82 Å². The Morgan fingerprint density at radius 2 is 0.693 bits per heavy atom. The summed E-state index contributed by atoms with van der Waals surface area (Å²) in [5.41, 5.74) is 5.38. The molecular formula is C65H108NO8P. The lowest BCUT2D eigenvalue weighted by atomic mass is 10.0. The fourth-order valence-corrected chi connectivity index (χ4v) is 8.49. The van der Waals surface area contributed by atoms with E-state index in [9.17, 15) is 19.0 Å². The van der Waals surface area contributed by atoms with E-state index in [1.54, 1.807) is 0 Å². The van der Waals surface area contributed by atoms with Gasteiger partial charge in [-0.3, -0.25) is 18.6 Å². The molecule has 3 N–H and O–H groups in total. The van der Waals surface area contributed by atoms with E-state index in [0.717, 1.165) is 128 Å². The maximum atomic E-state index is 12.7. The molecule has 0 rings (SSSR count). The number of rotatable bonds is 54. The number of phosphoric ester groups is 1. The summed E-state index contributed by atoms with van der Waals surface area (Å²) in [7, 11) is -4.40. The second-order valence-electron chi connectivity index (χ2n) is 19.1. The molecule has 0 amide bonds. The molecule has 0 aliphatic carbocycles.